The maximum absolute atomic E-state index is 12.3. The predicted octanol–water partition coefficient (Wildman–Crippen LogP) is -0.221. The molecule has 0 bridgehead atoms. The van der Waals surface area contributed by atoms with Crippen LogP contribution in [-0.4, -0.2) is 45.7 Å². The molecule has 0 aliphatic carbocycles. The first-order chi connectivity index (χ1) is 9.81. The topological polar surface area (TPSA) is 105 Å². The molecule has 0 saturated heterocycles. The molecule has 1 amide bonds. The monoisotopic (exact) mass is 316 g/mol. The highest BCUT2D eigenvalue weighted by molar-refractivity contribution is 7.89. The van der Waals surface area contributed by atoms with Gasteiger partial charge in [0.05, 0.1) is 19.8 Å². The fourth-order valence-electron chi connectivity index (χ4n) is 1.68. The molecule has 0 fully saturated rings. The van der Waals surface area contributed by atoms with Crippen LogP contribution in [0.1, 0.15) is 12.5 Å². The van der Waals surface area contributed by atoms with Crippen molar-refractivity contribution >= 4 is 15.9 Å². The lowest BCUT2D eigenvalue weighted by Crippen LogP contribution is -2.45. The van der Waals surface area contributed by atoms with E-state index < -0.39 is 22.0 Å². The second-order valence-corrected chi connectivity index (χ2v) is 6.19. The fraction of sp³-hybridized carbons (Fsp3) is 0.462. The van der Waals surface area contributed by atoms with Gasteiger partial charge in [-0.15, -0.1) is 0 Å². The molecule has 0 saturated carbocycles. The maximum atomic E-state index is 12.3. The Hall–Kier alpha value is -1.64. The summed E-state index contributed by atoms with van der Waals surface area (Å²) in [6.45, 7) is 3.04. The van der Waals surface area contributed by atoms with Crippen molar-refractivity contribution in [2.24, 2.45) is 0 Å². The number of aliphatic hydroxyl groups excluding tert-OH is 1. The molecule has 0 aromatic heterocycles. The Morgan fingerprint density at radius 1 is 1.43 bits per heavy atom. The Morgan fingerprint density at radius 3 is 2.67 bits per heavy atom. The number of amides is 1. The molecule has 0 aliphatic rings. The Kier molecular flexibility index (Phi) is 6.13. The third-order valence-corrected chi connectivity index (χ3v) is 4.31. The van der Waals surface area contributed by atoms with Gasteiger partial charge in [0.2, 0.25) is 15.9 Å². The van der Waals surface area contributed by atoms with Gasteiger partial charge in [0, 0.05) is 6.54 Å². The first-order valence-electron chi connectivity index (χ1n) is 6.37. The van der Waals surface area contributed by atoms with E-state index >= 15 is 0 Å². The fourth-order valence-corrected chi connectivity index (χ4v) is 3.13. The summed E-state index contributed by atoms with van der Waals surface area (Å²) in [5.41, 5.74) is 0.758. The average molecular weight is 316 g/mol. The number of aliphatic hydroxyl groups is 1. The van der Waals surface area contributed by atoms with Crippen LogP contribution in [0.15, 0.2) is 23.1 Å². The normalized spacial score (nSPS) is 12.8. The zero-order valence-corrected chi connectivity index (χ0v) is 13.0. The van der Waals surface area contributed by atoms with Crippen molar-refractivity contribution < 1.29 is 23.1 Å². The minimum absolute atomic E-state index is 0.0215. The number of benzene rings is 1. The number of carbonyl (C=O) groups excluding carboxylic acids is 1. The number of hydrogen-bond acceptors (Lipinski definition) is 5. The van der Waals surface area contributed by atoms with Crippen LogP contribution < -0.4 is 14.8 Å². The Balaban J connectivity index is 2.96. The van der Waals surface area contributed by atoms with E-state index in [1.54, 1.807) is 19.1 Å². The number of hydrogen-bond donors (Lipinski definition) is 3. The van der Waals surface area contributed by atoms with Crippen molar-refractivity contribution in [2.75, 3.05) is 20.3 Å². The molecule has 0 heterocycles. The zero-order valence-electron chi connectivity index (χ0n) is 12.2. The first-order valence-corrected chi connectivity index (χ1v) is 7.85. The second-order valence-electron chi connectivity index (χ2n) is 4.51. The van der Waals surface area contributed by atoms with E-state index in [1.807, 2.05) is 0 Å². The minimum atomic E-state index is -3.89. The molecule has 1 rings (SSSR count). The highest BCUT2D eigenvalue weighted by atomic mass is 32.2. The van der Waals surface area contributed by atoms with E-state index in [0.717, 1.165) is 5.56 Å². The molecule has 0 aliphatic heterocycles. The molecule has 1 aromatic carbocycles. The highest BCUT2D eigenvalue weighted by Crippen LogP contribution is 2.24. The van der Waals surface area contributed by atoms with Gasteiger partial charge in [-0.2, -0.15) is 4.72 Å². The Bertz CT molecular complexity index is 601. The molecule has 8 heteroatoms. The highest BCUT2D eigenvalue weighted by Gasteiger charge is 2.24. The number of nitrogens with one attached hydrogen (secondary N) is 2. The smallest absolute Gasteiger partial charge is 0.244 e. The summed E-state index contributed by atoms with van der Waals surface area (Å²) in [4.78, 5) is 11.6. The van der Waals surface area contributed by atoms with Crippen molar-refractivity contribution in [3.8, 4) is 5.75 Å². The van der Waals surface area contributed by atoms with Crippen LogP contribution in [0.3, 0.4) is 0 Å². The lowest BCUT2D eigenvalue weighted by molar-refractivity contribution is -0.122. The number of aryl methyl sites for hydroxylation is 1. The third kappa shape index (κ3) is 4.69. The molecular weight excluding hydrogens is 296 g/mol. The van der Waals surface area contributed by atoms with Crippen LogP contribution in [0.5, 0.6) is 5.75 Å². The number of methoxy groups -OCH3 is 1. The van der Waals surface area contributed by atoms with Gasteiger partial charge in [-0.25, -0.2) is 8.42 Å². The predicted molar refractivity (Wildman–Crippen MR) is 77.6 cm³/mol. The van der Waals surface area contributed by atoms with E-state index in [4.69, 9.17) is 9.84 Å². The SMILES string of the molecule is COc1ccc(C)cc1S(=O)(=O)N[C@H](C)C(=O)NCCO. The summed E-state index contributed by atoms with van der Waals surface area (Å²) in [5.74, 6) is -0.310. The summed E-state index contributed by atoms with van der Waals surface area (Å²) in [7, 11) is -2.52. The third-order valence-electron chi connectivity index (χ3n) is 2.74. The lowest BCUT2D eigenvalue weighted by Gasteiger charge is -2.16. The van der Waals surface area contributed by atoms with Crippen LogP contribution in [-0.2, 0) is 14.8 Å². The lowest BCUT2D eigenvalue weighted by atomic mass is 10.2. The molecule has 0 spiro atoms. The van der Waals surface area contributed by atoms with E-state index in [9.17, 15) is 13.2 Å². The van der Waals surface area contributed by atoms with Gasteiger partial charge in [-0.05, 0) is 31.5 Å². The molecular formula is C13H20N2O5S. The molecule has 7 nitrogen and oxygen atoms in total. The summed E-state index contributed by atoms with van der Waals surface area (Å²) < 4.78 is 32.0. The maximum Gasteiger partial charge on any atom is 0.244 e. The second kappa shape index (κ2) is 7.39. The van der Waals surface area contributed by atoms with Gasteiger partial charge >= 0.3 is 0 Å². The van der Waals surface area contributed by atoms with Crippen molar-refractivity contribution in [2.45, 2.75) is 24.8 Å². The number of ether oxygens (including phenoxy) is 1. The molecule has 118 valence electrons. The quantitative estimate of drug-likeness (QED) is 0.645. The first kappa shape index (κ1) is 17.4. The molecule has 0 unspecified atom stereocenters. The van der Waals surface area contributed by atoms with Gasteiger partial charge in [0.1, 0.15) is 10.6 Å². The molecule has 21 heavy (non-hydrogen) atoms. The van der Waals surface area contributed by atoms with Crippen molar-refractivity contribution in [3.63, 3.8) is 0 Å². The van der Waals surface area contributed by atoms with Crippen LogP contribution >= 0.6 is 0 Å². The van der Waals surface area contributed by atoms with E-state index in [0.29, 0.717) is 0 Å². The minimum Gasteiger partial charge on any atom is -0.495 e. The van der Waals surface area contributed by atoms with Crippen LogP contribution in [0.2, 0.25) is 0 Å². The summed E-state index contributed by atoms with van der Waals surface area (Å²) in [5, 5.41) is 11.0. The number of carbonyl (C=O) groups is 1. The zero-order chi connectivity index (χ0) is 16.0. The van der Waals surface area contributed by atoms with Gasteiger partial charge < -0.3 is 15.2 Å². The van der Waals surface area contributed by atoms with Gasteiger partial charge in [-0.3, -0.25) is 4.79 Å². The van der Waals surface area contributed by atoms with Crippen molar-refractivity contribution in [1.29, 1.82) is 0 Å². The summed E-state index contributed by atoms with van der Waals surface area (Å²) in [6, 6.07) is 3.79. The van der Waals surface area contributed by atoms with E-state index in [2.05, 4.69) is 10.0 Å². The standard InChI is InChI=1S/C13H20N2O5S/c1-9-4-5-11(20-3)12(8-9)21(18,19)15-10(2)13(17)14-6-7-16/h4-5,8,10,15-16H,6-7H2,1-3H3,(H,14,17)/t10-/m1/s1. The molecule has 1 atom stereocenters. The van der Waals surface area contributed by atoms with Crippen LogP contribution in [0, 0.1) is 6.92 Å². The van der Waals surface area contributed by atoms with Crippen LogP contribution in [0.25, 0.3) is 0 Å². The number of sulfonamides is 1. The molecule has 0 radical (unpaired) electrons. The average Bonchev–Trinajstić information content (AvgIpc) is 2.44. The Morgan fingerprint density at radius 2 is 2.10 bits per heavy atom. The largest absolute Gasteiger partial charge is 0.495 e. The molecule has 1 aromatic rings. The van der Waals surface area contributed by atoms with Crippen molar-refractivity contribution in [3.05, 3.63) is 23.8 Å². The molecule has 3 N–H and O–H groups in total. The van der Waals surface area contributed by atoms with Crippen molar-refractivity contribution in [1.82, 2.24) is 10.0 Å². The van der Waals surface area contributed by atoms with Gasteiger partial charge in [-0.1, -0.05) is 6.07 Å². The van der Waals surface area contributed by atoms with Gasteiger partial charge in [0.25, 0.3) is 0 Å². The van der Waals surface area contributed by atoms with Crippen LogP contribution in [0.4, 0.5) is 0 Å². The van der Waals surface area contributed by atoms with E-state index in [-0.39, 0.29) is 23.8 Å². The van der Waals surface area contributed by atoms with E-state index in [1.165, 1.54) is 20.1 Å². The number of rotatable bonds is 7. The summed E-state index contributed by atoms with van der Waals surface area (Å²) in [6.07, 6.45) is 0. The van der Waals surface area contributed by atoms with Gasteiger partial charge in [0.15, 0.2) is 0 Å². The Labute approximate surface area is 124 Å². The summed E-state index contributed by atoms with van der Waals surface area (Å²) >= 11 is 0.